The van der Waals surface area contributed by atoms with Crippen LogP contribution in [0.3, 0.4) is 0 Å². The highest BCUT2D eigenvalue weighted by atomic mass is 35.5. The standard InChI is InChI=1S/C10H9ClN2S/c1-7-2-3-9(8(11)6-7)14-10-4-5-12-13-10/h2-6H,1H3,(H,12,13). The summed E-state index contributed by atoms with van der Waals surface area (Å²) >= 11 is 7.64. The highest BCUT2D eigenvalue weighted by molar-refractivity contribution is 7.99. The van der Waals surface area contributed by atoms with E-state index in [2.05, 4.69) is 10.2 Å². The van der Waals surface area contributed by atoms with Crippen LogP contribution in [0.2, 0.25) is 5.02 Å². The van der Waals surface area contributed by atoms with Crippen LogP contribution < -0.4 is 0 Å². The fraction of sp³-hybridized carbons (Fsp3) is 0.100. The van der Waals surface area contributed by atoms with Gasteiger partial charge < -0.3 is 0 Å². The second-order valence-electron chi connectivity index (χ2n) is 2.95. The van der Waals surface area contributed by atoms with Gasteiger partial charge in [0.2, 0.25) is 0 Å². The predicted molar refractivity (Wildman–Crippen MR) is 58.9 cm³/mol. The molecule has 2 aromatic rings. The van der Waals surface area contributed by atoms with E-state index >= 15 is 0 Å². The van der Waals surface area contributed by atoms with Gasteiger partial charge >= 0.3 is 0 Å². The van der Waals surface area contributed by atoms with Crippen LogP contribution in [0.4, 0.5) is 0 Å². The van der Waals surface area contributed by atoms with Crippen LogP contribution in [0.1, 0.15) is 5.56 Å². The Kier molecular flexibility index (Phi) is 2.79. The van der Waals surface area contributed by atoms with Crippen molar-refractivity contribution in [1.29, 1.82) is 0 Å². The smallest absolute Gasteiger partial charge is 0.123 e. The van der Waals surface area contributed by atoms with Crippen molar-refractivity contribution in [2.24, 2.45) is 0 Å². The number of hydrogen-bond donors (Lipinski definition) is 1. The molecule has 0 saturated heterocycles. The monoisotopic (exact) mass is 224 g/mol. The summed E-state index contributed by atoms with van der Waals surface area (Å²) in [6, 6.07) is 7.93. The number of aryl methyl sites for hydroxylation is 1. The van der Waals surface area contributed by atoms with E-state index in [4.69, 9.17) is 11.6 Å². The molecule has 0 aliphatic carbocycles. The summed E-state index contributed by atoms with van der Waals surface area (Å²) in [6.45, 7) is 2.02. The first-order chi connectivity index (χ1) is 6.75. The molecule has 72 valence electrons. The molecule has 0 bridgehead atoms. The van der Waals surface area contributed by atoms with Gasteiger partial charge in [0.25, 0.3) is 0 Å². The van der Waals surface area contributed by atoms with E-state index in [-0.39, 0.29) is 0 Å². The zero-order valence-corrected chi connectivity index (χ0v) is 9.19. The van der Waals surface area contributed by atoms with Gasteiger partial charge in [-0.25, -0.2) is 0 Å². The van der Waals surface area contributed by atoms with Gasteiger partial charge in [0, 0.05) is 11.1 Å². The summed E-state index contributed by atoms with van der Waals surface area (Å²) in [6.07, 6.45) is 1.80. The molecule has 0 spiro atoms. The van der Waals surface area contributed by atoms with Gasteiger partial charge in [0.15, 0.2) is 0 Å². The molecule has 2 nitrogen and oxygen atoms in total. The van der Waals surface area contributed by atoms with E-state index < -0.39 is 0 Å². The molecule has 0 saturated carbocycles. The summed E-state index contributed by atoms with van der Waals surface area (Å²) in [7, 11) is 0. The van der Waals surface area contributed by atoms with Crippen LogP contribution in [0.15, 0.2) is 40.4 Å². The normalized spacial score (nSPS) is 10.4. The van der Waals surface area contributed by atoms with Crippen LogP contribution >= 0.6 is 23.4 Å². The van der Waals surface area contributed by atoms with Gasteiger partial charge in [-0.15, -0.1) is 0 Å². The SMILES string of the molecule is Cc1ccc(Sc2cc[nH]n2)c(Cl)c1. The minimum atomic E-state index is 0.776. The van der Waals surface area contributed by atoms with E-state index in [0.717, 1.165) is 14.9 Å². The van der Waals surface area contributed by atoms with Gasteiger partial charge in [0.05, 0.1) is 5.02 Å². The minimum Gasteiger partial charge on any atom is -0.285 e. The summed E-state index contributed by atoms with van der Waals surface area (Å²) in [5, 5.41) is 8.52. The van der Waals surface area contributed by atoms with Crippen molar-refractivity contribution < 1.29 is 0 Å². The summed E-state index contributed by atoms with van der Waals surface area (Å²) < 4.78 is 0. The van der Waals surface area contributed by atoms with Crippen molar-refractivity contribution in [2.75, 3.05) is 0 Å². The van der Waals surface area contributed by atoms with Crippen molar-refractivity contribution in [1.82, 2.24) is 10.2 Å². The third-order valence-electron chi connectivity index (χ3n) is 1.78. The van der Waals surface area contributed by atoms with Crippen molar-refractivity contribution in [2.45, 2.75) is 16.8 Å². The Morgan fingerprint density at radius 1 is 1.36 bits per heavy atom. The Morgan fingerprint density at radius 3 is 2.86 bits per heavy atom. The number of nitrogens with one attached hydrogen (secondary N) is 1. The molecule has 2 rings (SSSR count). The number of hydrogen-bond acceptors (Lipinski definition) is 2. The van der Waals surface area contributed by atoms with Gasteiger partial charge in [-0.05, 0) is 30.7 Å². The van der Waals surface area contributed by atoms with Gasteiger partial charge in [-0.2, -0.15) is 5.10 Å². The molecule has 0 radical (unpaired) electrons. The molecule has 1 heterocycles. The van der Waals surface area contributed by atoms with E-state index in [9.17, 15) is 0 Å². The molecule has 4 heteroatoms. The molecule has 0 aliphatic heterocycles. The Labute approximate surface area is 91.7 Å². The first-order valence-electron chi connectivity index (χ1n) is 4.19. The Hall–Kier alpha value is -0.930. The summed E-state index contributed by atoms with van der Waals surface area (Å²) in [4.78, 5) is 1.03. The van der Waals surface area contributed by atoms with Crippen molar-refractivity contribution in [3.63, 3.8) is 0 Å². The van der Waals surface area contributed by atoms with Crippen LogP contribution in [0.25, 0.3) is 0 Å². The first kappa shape index (κ1) is 9.62. The third-order valence-corrected chi connectivity index (χ3v) is 3.21. The van der Waals surface area contributed by atoms with Gasteiger partial charge in [-0.1, -0.05) is 29.4 Å². The van der Waals surface area contributed by atoms with Crippen LogP contribution in [-0.2, 0) is 0 Å². The number of nitrogens with zero attached hydrogens (tertiary/aromatic N) is 1. The number of halogens is 1. The van der Waals surface area contributed by atoms with Gasteiger partial charge in [-0.3, -0.25) is 5.10 Å². The maximum absolute atomic E-state index is 6.09. The quantitative estimate of drug-likeness (QED) is 0.846. The number of H-pyrrole nitrogens is 1. The number of aromatic amines is 1. The molecule has 1 N–H and O–H groups in total. The zero-order valence-electron chi connectivity index (χ0n) is 7.62. The fourth-order valence-corrected chi connectivity index (χ4v) is 2.21. The molecule has 1 aromatic carbocycles. The Morgan fingerprint density at radius 2 is 2.21 bits per heavy atom. The topological polar surface area (TPSA) is 28.7 Å². The largest absolute Gasteiger partial charge is 0.285 e. The number of aromatic nitrogens is 2. The van der Waals surface area contributed by atoms with Crippen LogP contribution in [0.5, 0.6) is 0 Å². The van der Waals surface area contributed by atoms with E-state index in [1.54, 1.807) is 18.0 Å². The highest BCUT2D eigenvalue weighted by Crippen LogP contribution is 2.32. The Bertz CT molecular complexity index is 426. The second kappa shape index (κ2) is 4.07. The first-order valence-corrected chi connectivity index (χ1v) is 5.39. The fourth-order valence-electron chi connectivity index (χ4n) is 1.10. The molecule has 0 unspecified atom stereocenters. The van der Waals surface area contributed by atoms with Crippen molar-refractivity contribution in [3.05, 3.63) is 41.0 Å². The lowest BCUT2D eigenvalue weighted by atomic mass is 10.2. The van der Waals surface area contributed by atoms with E-state index in [1.165, 1.54) is 5.56 Å². The minimum absolute atomic E-state index is 0.776. The molecule has 0 fully saturated rings. The van der Waals surface area contributed by atoms with Crippen LogP contribution in [-0.4, -0.2) is 10.2 Å². The lowest BCUT2D eigenvalue weighted by Crippen LogP contribution is -1.78. The molecule has 0 aliphatic rings. The van der Waals surface area contributed by atoms with E-state index in [0.29, 0.717) is 0 Å². The molecule has 0 amide bonds. The molecular formula is C10H9ClN2S. The second-order valence-corrected chi connectivity index (χ2v) is 4.42. The molecule has 14 heavy (non-hydrogen) atoms. The maximum atomic E-state index is 6.09. The van der Waals surface area contributed by atoms with Crippen molar-refractivity contribution in [3.8, 4) is 0 Å². The molecule has 1 aromatic heterocycles. The zero-order chi connectivity index (χ0) is 9.97. The average molecular weight is 225 g/mol. The average Bonchev–Trinajstić information content (AvgIpc) is 2.62. The van der Waals surface area contributed by atoms with Crippen LogP contribution in [0, 0.1) is 6.92 Å². The van der Waals surface area contributed by atoms with Crippen molar-refractivity contribution >= 4 is 23.4 Å². The lowest BCUT2D eigenvalue weighted by Gasteiger charge is -2.01. The molecule has 0 atom stereocenters. The predicted octanol–water partition coefficient (Wildman–Crippen LogP) is 3.52. The van der Waals surface area contributed by atoms with E-state index in [1.807, 2.05) is 31.2 Å². The number of benzene rings is 1. The summed E-state index contributed by atoms with van der Waals surface area (Å²) in [5.41, 5.74) is 1.17. The Balaban J connectivity index is 2.25. The maximum Gasteiger partial charge on any atom is 0.123 e. The third kappa shape index (κ3) is 2.11. The lowest BCUT2D eigenvalue weighted by molar-refractivity contribution is 1.00. The highest BCUT2D eigenvalue weighted by Gasteiger charge is 2.03. The summed E-state index contributed by atoms with van der Waals surface area (Å²) in [5.74, 6) is 0. The molecular weight excluding hydrogens is 216 g/mol. The number of rotatable bonds is 2. The van der Waals surface area contributed by atoms with Gasteiger partial charge in [0.1, 0.15) is 5.03 Å².